The number of hydrogen-bond acceptors (Lipinski definition) is 1. The first kappa shape index (κ1) is 13.8. The lowest BCUT2D eigenvalue weighted by molar-refractivity contribution is -0.0236. The summed E-state index contributed by atoms with van der Waals surface area (Å²) < 4.78 is 0. The fourth-order valence-electron chi connectivity index (χ4n) is 5.92. The fraction of sp³-hybridized carbons (Fsp3) is 0.700. The van der Waals surface area contributed by atoms with Crippen molar-refractivity contribution in [1.29, 1.82) is 0 Å². The van der Waals surface area contributed by atoms with Crippen LogP contribution in [0.1, 0.15) is 57.8 Å². The first-order valence-corrected chi connectivity index (χ1v) is 9.02. The first-order valence-electron chi connectivity index (χ1n) is 9.02. The normalized spacial score (nSPS) is 48.5. The van der Waals surface area contributed by atoms with Crippen LogP contribution in [0, 0.1) is 17.8 Å². The van der Waals surface area contributed by atoms with Crippen molar-refractivity contribution in [2.24, 2.45) is 17.8 Å². The Bertz CT molecular complexity index is 435. The first-order chi connectivity index (χ1) is 10.2. The van der Waals surface area contributed by atoms with Crippen LogP contribution in [0.3, 0.4) is 0 Å². The van der Waals surface area contributed by atoms with Crippen molar-refractivity contribution in [1.82, 2.24) is 5.32 Å². The van der Waals surface area contributed by atoms with Gasteiger partial charge in [0.2, 0.25) is 0 Å². The summed E-state index contributed by atoms with van der Waals surface area (Å²) in [6, 6.07) is 0.498. The minimum absolute atomic E-state index is 0.456. The van der Waals surface area contributed by atoms with Crippen molar-refractivity contribution in [3.05, 3.63) is 36.5 Å². The molecule has 0 saturated heterocycles. The number of hydrogen-bond donors (Lipinski definition) is 1. The second kappa shape index (κ2) is 5.43. The Morgan fingerprint density at radius 1 is 1.00 bits per heavy atom. The molecule has 0 aromatic heterocycles. The predicted octanol–water partition coefficient (Wildman–Crippen LogP) is 4.77. The molecule has 1 heteroatoms. The summed E-state index contributed by atoms with van der Waals surface area (Å²) in [5.74, 6) is 3.06. The SMILES string of the molecule is C=C1/C=C\C=C/CCCC1NC12CC3CC(CC(C3)C1)C2. The van der Waals surface area contributed by atoms with Crippen molar-refractivity contribution < 1.29 is 0 Å². The number of rotatable bonds is 2. The van der Waals surface area contributed by atoms with E-state index in [1.54, 1.807) is 0 Å². The molecule has 0 aromatic rings. The molecule has 4 bridgehead atoms. The van der Waals surface area contributed by atoms with Gasteiger partial charge in [-0.2, -0.15) is 0 Å². The Hall–Kier alpha value is -0.820. The minimum Gasteiger partial charge on any atom is -0.304 e. The Kier molecular flexibility index (Phi) is 3.57. The van der Waals surface area contributed by atoms with Gasteiger partial charge in [-0.15, -0.1) is 0 Å². The third-order valence-corrected chi connectivity index (χ3v) is 6.39. The van der Waals surface area contributed by atoms with Crippen LogP contribution >= 0.6 is 0 Å². The molecule has 4 fully saturated rings. The summed E-state index contributed by atoms with van der Waals surface area (Å²) in [6.07, 6.45) is 21.5. The minimum atomic E-state index is 0.456. The van der Waals surface area contributed by atoms with E-state index >= 15 is 0 Å². The zero-order valence-electron chi connectivity index (χ0n) is 13.2. The van der Waals surface area contributed by atoms with Crippen LogP contribution in [-0.4, -0.2) is 11.6 Å². The maximum absolute atomic E-state index is 4.35. The topological polar surface area (TPSA) is 12.0 Å². The van der Waals surface area contributed by atoms with Crippen LogP contribution in [0.5, 0.6) is 0 Å². The summed E-state index contributed by atoms with van der Waals surface area (Å²) in [5.41, 5.74) is 1.75. The van der Waals surface area contributed by atoms with Crippen molar-refractivity contribution in [3.8, 4) is 0 Å². The van der Waals surface area contributed by atoms with E-state index in [-0.39, 0.29) is 0 Å². The van der Waals surface area contributed by atoms with E-state index in [0.29, 0.717) is 11.6 Å². The average molecular weight is 283 g/mol. The highest BCUT2D eigenvalue weighted by Crippen LogP contribution is 2.55. The third-order valence-electron chi connectivity index (χ3n) is 6.39. The molecule has 0 heterocycles. The van der Waals surface area contributed by atoms with Crippen LogP contribution in [0.15, 0.2) is 36.5 Å². The van der Waals surface area contributed by atoms with E-state index in [0.717, 1.165) is 17.8 Å². The van der Waals surface area contributed by atoms with Gasteiger partial charge in [-0.1, -0.05) is 30.9 Å². The van der Waals surface area contributed by atoms with E-state index < -0.39 is 0 Å². The van der Waals surface area contributed by atoms with Gasteiger partial charge >= 0.3 is 0 Å². The Morgan fingerprint density at radius 2 is 1.67 bits per heavy atom. The average Bonchev–Trinajstić information content (AvgIpc) is 2.51. The molecule has 0 aliphatic heterocycles. The molecule has 5 rings (SSSR count). The van der Waals surface area contributed by atoms with Gasteiger partial charge < -0.3 is 5.32 Å². The Morgan fingerprint density at radius 3 is 2.33 bits per heavy atom. The molecule has 0 radical (unpaired) electrons. The van der Waals surface area contributed by atoms with Gasteiger partial charge in [-0.3, -0.25) is 0 Å². The second-order valence-corrected chi connectivity index (χ2v) is 8.19. The van der Waals surface area contributed by atoms with E-state index in [4.69, 9.17) is 0 Å². The maximum Gasteiger partial charge on any atom is 0.0319 e. The van der Waals surface area contributed by atoms with Crippen molar-refractivity contribution in [2.75, 3.05) is 0 Å². The number of allylic oxidation sites excluding steroid dienone is 3. The van der Waals surface area contributed by atoms with Crippen molar-refractivity contribution >= 4 is 0 Å². The highest BCUT2D eigenvalue weighted by atomic mass is 15.0. The van der Waals surface area contributed by atoms with E-state index in [2.05, 4.69) is 36.2 Å². The molecule has 1 N–H and O–H groups in total. The Labute approximate surface area is 129 Å². The van der Waals surface area contributed by atoms with E-state index in [1.807, 2.05) is 0 Å². The van der Waals surface area contributed by atoms with Gasteiger partial charge in [0.15, 0.2) is 0 Å². The highest BCUT2D eigenvalue weighted by molar-refractivity contribution is 5.26. The molecule has 0 aromatic carbocycles. The molecule has 1 unspecified atom stereocenters. The third kappa shape index (κ3) is 2.77. The van der Waals surface area contributed by atoms with Gasteiger partial charge in [0.05, 0.1) is 0 Å². The molecule has 0 amide bonds. The largest absolute Gasteiger partial charge is 0.304 e. The van der Waals surface area contributed by atoms with Crippen LogP contribution in [0.4, 0.5) is 0 Å². The van der Waals surface area contributed by atoms with E-state index in [1.165, 1.54) is 63.4 Å². The zero-order valence-corrected chi connectivity index (χ0v) is 13.2. The second-order valence-electron chi connectivity index (χ2n) is 8.19. The van der Waals surface area contributed by atoms with Gasteiger partial charge in [0, 0.05) is 11.6 Å². The molecule has 1 atom stereocenters. The fourth-order valence-corrected chi connectivity index (χ4v) is 5.92. The smallest absolute Gasteiger partial charge is 0.0319 e. The molecule has 1 nitrogen and oxygen atoms in total. The summed E-state index contributed by atoms with van der Waals surface area (Å²) in [4.78, 5) is 0. The zero-order chi connectivity index (χ0) is 14.3. The molecule has 5 aliphatic carbocycles. The molecular weight excluding hydrogens is 254 g/mol. The summed E-state index contributed by atoms with van der Waals surface area (Å²) in [5, 5.41) is 4.13. The van der Waals surface area contributed by atoms with Crippen LogP contribution in [0.2, 0.25) is 0 Å². The van der Waals surface area contributed by atoms with Gasteiger partial charge in [0.25, 0.3) is 0 Å². The van der Waals surface area contributed by atoms with E-state index in [9.17, 15) is 0 Å². The molecule has 21 heavy (non-hydrogen) atoms. The quantitative estimate of drug-likeness (QED) is 0.770. The Balaban J connectivity index is 1.50. The van der Waals surface area contributed by atoms with Gasteiger partial charge in [0.1, 0.15) is 0 Å². The molecule has 5 aliphatic rings. The summed E-state index contributed by atoms with van der Waals surface area (Å²) in [6.45, 7) is 4.35. The molecule has 114 valence electrons. The van der Waals surface area contributed by atoms with Crippen LogP contribution in [0.25, 0.3) is 0 Å². The lowest BCUT2D eigenvalue weighted by Gasteiger charge is -2.58. The van der Waals surface area contributed by atoms with Crippen molar-refractivity contribution in [2.45, 2.75) is 69.4 Å². The molecule has 4 saturated carbocycles. The summed E-state index contributed by atoms with van der Waals surface area (Å²) >= 11 is 0. The monoisotopic (exact) mass is 283 g/mol. The van der Waals surface area contributed by atoms with Crippen molar-refractivity contribution in [3.63, 3.8) is 0 Å². The molecular formula is C20H29N. The highest BCUT2D eigenvalue weighted by Gasteiger charge is 2.51. The lowest BCUT2D eigenvalue weighted by atomic mass is 9.53. The number of nitrogens with one attached hydrogen (secondary N) is 1. The maximum atomic E-state index is 4.35. The lowest BCUT2D eigenvalue weighted by Crippen LogP contribution is -2.61. The standard InChI is InChI=1S/C20H29N/c1-15-7-5-3-2-4-6-8-19(15)21-20-12-16-9-17(13-20)11-18(10-16)14-20/h2-3,5,7,16-19,21H,1,4,6,8-14H2/b3-2-,7-5-. The van der Waals surface area contributed by atoms with Gasteiger partial charge in [-0.25, -0.2) is 0 Å². The van der Waals surface area contributed by atoms with Crippen LogP contribution in [-0.2, 0) is 0 Å². The predicted molar refractivity (Wildman–Crippen MR) is 89.1 cm³/mol. The van der Waals surface area contributed by atoms with Gasteiger partial charge in [-0.05, 0) is 81.1 Å². The van der Waals surface area contributed by atoms with Crippen LogP contribution < -0.4 is 5.32 Å². The molecule has 0 spiro atoms. The summed E-state index contributed by atoms with van der Waals surface area (Å²) in [7, 11) is 0.